The lowest BCUT2D eigenvalue weighted by Crippen LogP contribution is -2.28. The lowest BCUT2D eigenvalue weighted by Gasteiger charge is -2.15. The van der Waals surface area contributed by atoms with Crippen LogP contribution in [0.15, 0.2) is 29.2 Å². The van der Waals surface area contributed by atoms with Crippen molar-refractivity contribution in [3.8, 4) is 0 Å². The van der Waals surface area contributed by atoms with E-state index in [0.29, 0.717) is 17.2 Å². The SMILES string of the molecule is CCCS(=O)(=O)c1ccc(CC(N)C(C)C)cc1. The summed E-state index contributed by atoms with van der Waals surface area (Å²) in [5.41, 5.74) is 7.09. The van der Waals surface area contributed by atoms with Crippen molar-refractivity contribution in [1.82, 2.24) is 0 Å². The summed E-state index contributed by atoms with van der Waals surface area (Å²) in [7, 11) is -3.10. The third-order valence-corrected chi connectivity index (χ3v) is 5.02. The van der Waals surface area contributed by atoms with Crippen LogP contribution in [0.5, 0.6) is 0 Å². The number of hydrogen-bond donors (Lipinski definition) is 1. The lowest BCUT2D eigenvalue weighted by molar-refractivity contribution is 0.490. The zero-order chi connectivity index (χ0) is 13.8. The molecule has 0 amide bonds. The molecule has 1 rings (SSSR count). The van der Waals surface area contributed by atoms with Gasteiger partial charge in [-0.3, -0.25) is 0 Å². The van der Waals surface area contributed by atoms with Gasteiger partial charge in [0.1, 0.15) is 0 Å². The lowest BCUT2D eigenvalue weighted by atomic mass is 9.97. The molecule has 4 heteroatoms. The van der Waals surface area contributed by atoms with Crippen LogP contribution in [0.25, 0.3) is 0 Å². The van der Waals surface area contributed by atoms with Crippen molar-refractivity contribution in [2.45, 2.75) is 44.6 Å². The molecule has 2 N–H and O–H groups in total. The first kappa shape index (κ1) is 15.2. The molecule has 0 bridgehead atoms. The van der Waals surface area contributed by atoms with Crippen molar-refractivity contribution >= 4 is 9.84 Å². The second kappa shape index (κ2) is 6.34. The minimum atomic E-state index is -3.10. The van der Waals surface area contributed by atoms with E-state index < -0.39 is 9.84 Å². The Kier molecular flexibility index (Phi) is 5.35. The van der Waals surface area contributed by atoms with Crippen molar-refractivity contribution in [2.75, 3.05) is 5.75 Å². The van der Waals surface area contributed by atoms with E-state index in [-0.39, 0.29) is 11.8 Å². The monoisotopic (exact) mass is 269 g/mol. The van der Waals surface area contributed by atoms with E-state index in [0.717, 1.165) is 12.0 Å². The topological polar surface area (TPSA) is 60.2 Å². The third kappa shape index (κ3) is 4.10. The highest BCUT2D eigenvalue weighted by atomic mass is 32.2. The normalized spacial score (nSPS) is 13.8. The highest BCUT2D eigenvalue weighted by molar-refractivity contribution is 7.91. The summed E-state index contributed by atoms with van der Waals surface area (Å²) in [4.78, 5) is 0.409. The fraction of sp³-hybridized carbons (Fsp3) is 0.571. The molecule has 18 heavy (non-hydrogen) atoms. The van der Waals surface area contributed by atoms with Gasteiger partial charge in [0.25, 0.3) is 0 Å². The van der Waals surface area contributed by atoms with Crippen molar-refractivity contribution in [1.29, 1.82) is 0 Å². The summed E-state index contributed by atoms with van der Waals surface area (Å²) in [5, 5.41) is 0. The molecule has 0 aliphatic rings. The van der Waals surface area contributed by atoms with E-state index in [4.69, 9.17) is 5.73 Å². The smallest absolute Gasteiger partial charge is 0.178 e. The number of sulfone groups is 1. The Morgan fingerprint density at radius 1 is 1.17 bits per heavy atom. The van der Waals surface area contributed by atoms with Gasteiger partial charge in [-0.05, 0) is 36.5 Å². The fourth-order valence-corrected chi connectivity index (χ4v) is 3.05. The maximum absolute atomic E-state index is 11.8. The summed E-state index contributed by atoms with van der Waals surface area (Å²) in [6, 6.07) is 7.22. The zero-order valence-corrected chi connectivity index (χ0v) is 12.2. The van der Waals surface area contributed by atoms with Crippen molar-refractivity contribution in [2.24, 2.45) is 11.7 Å². The maximum atomic E-state index is 11.8. The highest BCUT2D eigenvalue weighted by Gasteiger charge is 2.13. The molecule has 102 valence electrons. The van der Waals surface area contributed by atoms with E-state index >= 15 is 0 Å². The quantitative estimate of drug-likeness (QED) is 0.862. The van der Waals surface area contributed by atoms with Gasteiger partial charge in [-0.25, -0.2) is 8.42 Å². The predicted molar refractivity (Wildman–Crippen MR) is 75.3 cm³/mol. The molecule has 0 aliphatic carbocycles. The summed E-state index contributed by atoms with van der Waals surface area (Å²) < 4.78 is 23.7. The average molecular weight is 269 g/mol. The number of hydrogen-bond acceptors (Lipinski definition) is 3. The van der Waals surface area contributed by atoms with E-state index in [1.807, 2.05) is 19.1 Å². The van der Waals surface area contributed by atoms with Crippen LogP contribution < -0.4 is 5.73 Å². The zero-order valence-electron chi connectivity index (χ0n) is 11.4. The Morgan fingerprint density at radius 3 is 2.17 bits per heavy atom. The molecule has 1 aromatic carbocycles. The summed E-state index contributed by atoms with van der Waals surface area (Å²) in [6.07, 6.45) is 1.42. The predicted octanol–water partition coefficient (Wildman–Crippen LogP) is 2.40. The van der Waals surface area contributed by atoms with Gasteiger partial charge in [-0.2, -0.15) is 0 Å². The molecule has 1 unspecified atom stereocenters. The standard InChI is InChI=1S/C14H23NO2S/c1-4-9-18(16,17)13-7-5-12(6-8-13)10-14(15)11(2)3/h5-8,11,14H,4,9-10,15H2,1-3H3. The highest BCUT2D eigenvalue weighted by Crippen LogP contribution is 2.15. The molecule has 0 aromatic heterocycles. The molecule has 0 spiro atoms. The maximum Gasteiger partial charge on any atom is 0.178 e. The molecule has 3 nitrogen and oxygen atoms in total. The molecule has 1 aromatic rings. The van der Waals surface area contributed by atoms with Crippen LogP contribution in [0.2, 0.25) is 0 Å². The molecule has 0 radical (unpaired) electrons. The Morgan fingerprint density at radius 2 is 1.72 bits per heavy atom. The Bertz CT molecular complexity index is 463. The second-order valence-electron chi connectivity index (χ2n) is 5.07. The van der Waals surface area contributed by atoms with Crippen LogP contribution in [0.1, 0.15) is 32.8 Å². The number of rotatable bonds is 6. The number of nitrogens with two attached hydrogens (primary N) is 1. The number of benzene rings is 1. The van der Waals surface area contributed by atoms with Crippen LogP contribution in [-0.4, -0.2) is 20.2 Å². The molecule has 0 saturated carbocycles. The van der Waals surface area contributed by atoms with Crippen molar-refractivity contribution in [3.05, 3.63) is 29.8 Å². The molecular formula is C14H23NO2S. The first-order valence-electron chi connectivity index (χ1n) is 6.44. The van der Waals surface area contributed by atoms with Crippen LogP contribution in [0.4, 0.5) is 0 Å². The minimum Gasteiger partial charge on any atom is -0.327 e. The van der Waals surface area contributed by atoms with Gasteiger partial charge in [0.15, 0.2) is 9.84 Å². The van der Waals surface area contributed by atoms with Crippen molar-refractivity contribution in [3.63, 3.8) is 0 Å². The summed E-state index contributed by atoms with van der Waals surface area (Å²) in [5.74, 6) is 0.631. The van der Waals surface area contributed by atoms with Gasteiger partial charge >= 0.3 is 0 Å². The van der Waals surface area contributed by atoms with E-state index in [2.05, 4.69) is 13.8 Å². The van der Waals surface area contributed by atoms with Gasteiger partial charge in [0.2, 0.25) is 0 Å². The van der Waals surface area contributed by atoms with Gasteiger partial charge < -0.3 is 5.73 Å². The third-order valence-electron chi connectivity index (χ3n) is 3.08. The minimum absolute atomic E-state index is 0.114. The summed E-state index contributed by atoms with van der Waals surface area (Å²) in [6.45, 7) is 6.04. The molecular weight excluding hydrogens is 246 g/mol. The molecule has 0 heterocycles. The molecule has 0 fully saturated rings. The largest absolute Gasteiger partial charge is 0.327 e. The van der Waals surface area contributed by atoms with Crippen LogP contribution in [0.3, 0.4) is 0 Å². The van der Waals surface area contributed by atoms with Gasteiger partial charge in [-0.1, -0.05) is 32.9 Å². The fourth-order valence-electron chi connectivity index (χ4n) is 1.73. The Hall–Kier alpha value is -0.870. The molecule has 1 atom stereocenters. The van der Waals surface area contributed by atoms with E-state index in [1.165, 1.54) is 0 Å². The van der Waals surface area contributed by atoms with Gasteiger partial charge in [0.05, 0.1) is 10.6 Å². The van der Waals surface area contributed by atoms with Gasteiger partial charge in [0, 0.05) is 6.04 Å². The van der Waals surface area contributed by atoms with E-state index in [1.54, 1.807) is 12.1 Å². The molecule has 0 aliphatic heterocycles. The second-order valence-corrected chi connectivity index (χ2v) is 7.18. The first-order valence-corrected chi connectivity index (χ1v) is 8.09. The van der Waals surface area contributed by atoms with Crippen LogP contribution >= 0.6 is 0 Å². The van der Waals surface area contributed by atoms with Gasteiger partial charge in [-0.15, -0.1) is 0 Å². The Labute approximate surface area is 110 Å². The van der Waals surface area contributed by atoms with E-state index in [9.17, 15) is 8.42 Å². The van der Waals surface area contributed by atoms with Crippen LogP contribution in [0, 0.1) is 5.92 Å². The summed E-state index contributed by atoms with van der Waals surface area (Å²) >= 11 is 0. The van der Waals surface area contributed by atoms with Crippen LogP contribution in [-0.2, 0) is 16.3 Å². The molecule has 0 saturated heterocycles. The van der Waals surface area contributed by atoms with Crippen molar-refractivity contribution < 1.29 is 8.42 Å². The Balaban J connectivity index is 2.81. The average Bonchev–Trinajstić information content (AvgIpc) is 2.29. The first-order chi connectivity index (χ1) is 8.36.